The molecule has 1 aliphatic carbocycles. The van der Waals surface area contributed by atoms with Gasteiger partial charge in [0.15, 0.2) is 5.69 Å². The summed E-state index contributed by atoms with van der Waals surface area (Å²) in [7, 11) is 0. The average molecular weight is 382 g/mol. The quantitative estimate of drug-likeness (QED) is 0.494. The van der Waals surface area contributed by atoms with Crippen LogP contribution in [0.2, 0.25) is 0 Å². The summed E-state index contributed by atoms with van der Waals surface area (Å²) >= 11 is 0. The highest BCUT2D eigenvalue weighted by atomic mass is 19.4. The van der Waals surface area contributed by atoms with Crippen molar-refractivity contribution in [3.05, 3.63) is 56.0 Å². The molecule has 10 heteroatoms. The van der Waals surface area contributed by atoms with E-state index in [0.29, 0.717) is 0 Å². The second kappa shape index (κ2) is 7.37. The van der Waals surface area contributed by atoms with Crippen molar-refractivity contribution in [2.24, 2.45) is 4.99 Å². The van der Waals surface area contributed by atoms with Crippen LogP contribution >= 0.6 is 0 Å². The van der Waals surface area contributed by atoms with E-state index in [1.807, 2.05) is 0 Å². The minimum atomic E-state index is -4.76. The fraction of sp³-hybridized carbons (Fsp3) is 0.412. The van der Waals surface area contributed by atoms with Gasteiger partial charge in [-0.05, 0) is 25.0 Å². The molecular formula is C17H17F3N4O3. The van der Waals surface area contributed by atoms with Crippen LogP contribution in [0.3, 0.4) is 0 Å². The summed E-state index contributed by atoms with van der Waals surface area (Å²) in [5, 5.41) is 12.8. The van der Waals surface area contributed by atoms with Gasteiger partial charge in [0.2, 0.25) is 0 Å². The molecule has 0 radical (unpaired) electrons. The third-order valence-corrected chi connectivity index (χ3v) is 4.52. The Kier molecular flexibility index (Phi) is 5.15. The van der Waals surface area contributed by atoms with Crippen LogP contribution in [0.4, 0.5) is 18.9 Å². The molecule has 0 unspecified atom stereocenters. The lowest BCUT2D eigenvalue weighted by Gasteiger charge is -2.17. The van der Waals surface area contributed by atoms with Gasteiger partial charge in [0.25, 0.3) is 11.2 Å². The molecule has 0 atom stereocenters. The molecular weight excluding hydrogens is 365 g/mol. The van der Waals surface area contributed by atoms with Crippen LogP contribution in [-0.4, -0.2) is 27.0 Å². The molecule has 1 heterocycles. The van der Waals surface area contributed by atoms with Crippen LogP contribution in [0.25, 0.3) is 5.69 Å². The van der Waals surface area contributed by atoms with Crippen molar-refractivity contribution in [2.75, 3.05) is 0 Å². The molecule has 144 valence electrons. The Labute approximate surface area is 151 Å². The normalized spacial score (nSPS) is 16.1. The number of hydrogen-bond donors (Lipinski definition) is 1. The number of H-pyrrole nitrogens is 1. The first-order valence-electron chi connectivity index (χ1n) is 8.47. The molecule has 27 heavy (non-hydrogen) atoms. The van der Waals surface area contributed by atoms with E-state index in [2.05, 4.69) is 10.1 Å². The predicted octanol–water partition coefficient (Wildman–Crippen LogP) is 3.84. The van der Waals surface area contributed by atoms with Gasteiger partial charge in [0.05, 0.1) is 16.2 Å². The second-order valence-electron chi connectivity index (χ2n) is 6.38. The average Bonchev–Trinajstić information content (AvgIpc) is 2.98. The Hall–Kier alpha value is -2.91. The van der Waals surface area contributed by atoms with E-state index in [1.165, 1.54) is 12.1 Å². The summed E-state index contributed by atoms with van der Waals surface area (Å²) in [6, 6.07) is 4.57. The maximum atomic E-state index is 13.4. The van der Waals surface area contributed by atoms with Crippen molar-refractivity contribution in [1.82, 2.24) is 9.78 Å². The van der Waals surface area contributed by atoms with Crippen molar-refractivity contribution in [2.45, 2.75) is 44.3 Å². The number of alkyl halides is 3. The number of benzene rings is 1. The number of nitro benzene ring substituents is 1. The molecule has 1 aromatic carbocycles. The van der Waals surface area contributed by atoms with Gasteiger partial charge in [-0.25, -0.2) is 4.68 Å². The van der Waals surface area contributed by atoms with E-state index < -0.39 is 27.9 Å². The monoisotopic (exact) mass is 382 g/mol. The van der Waals surface area contributed by atoms with Crippen molar-refractivity contribution in [3.63, 3.8) is 0 Å². The first-order chi connectivity index (χ1) is 12.8. The minimum Gasteiger partial charge on any atom is -0.289 e. The molecule has 3 rings (SSSR count). The molecule has 1 aliphatic rings. The van der Waals surface area contributed by atoms with Crippen LogP contribution in [0.5, 0.6) is 0 Å². The number of non-ortho nitro benzene ring substituents is 1. The SMILES string of the molecule is O=c1c(C=NC2CCCCC2)c(C(F)(F)F)[nH]n1-c1ccc([N+](=O)[O-])cc1. The number of aromatic nitrogens is 2. The molecule has 1 fully saturated rings. The van der Waals surface area contributed by atoms with Crippen LogP contribution < -0.4 is 5.56 Å². The van der Waals surface area contributed by atoms with Crippen molar-refractivity contribution in [1.29, 1.82) is 0 Å². The summed E-state index contributed by atoms with van der Waals surface area (Å²) in [5.41, 5.74) is -2.82. The van der Waals surface area contributed by atoms with E-state index in [0.717, 1.165) is 55.1 Å². The maximum Gasteiger partial charge on any atom is 0.433 e. The molecule has 7 nitrogen and oxygen atoms in total. The van der Waals surface area contributed by atoms with Crippen LogP contribution in [0.15, 0.2) is 34.1 Å². The Morgan fingerprint density at radius 2 is 1.81 bits per heavy atom. The fourth-order valence-electron chi connectivity index (χ4n) is 3.10. The Bertz CT molecular complexity index is 907. The number of halogens is 3. The van der Waals surface area contributed by atoms with Crippen molar-refractivity contribution < 1.29 is 18.1 Å². The zero-order valence-corrected chi connectivity index (χ0v) is 14.2. The maximum absolute atomic E-state index is 13.4. The second-order valence-corrected chi connectivity index (χ2v) is 6.38. The Balaban J connectivity index is 2.01. The fourth-order valence-corrected chi connectivity index (χ4v) is 3.10. The lowest BCUT2D eigenvalue weighted by atomic mass is 9.96. The number of nitrogens with zero attached hydrogens (tertiary/aromatic N) is 3. The highest BCUT2D eigenvalue weighted by molar-refractivity contribution is 5.81. The standard InChI is InChI=1S/C17H17F3N4O3/c18-17(19,20)15-14(10-21-11-4-2-1-3-5-11)16(25)23(22-15)12-6-8-13(9-7-12)24(26)27/h6-11,22H,1-5H2. The van der Waals surface area contributed by atoms with E-state index in [1.54, 1.807) is 0 Å². The minimum absolute atomic E-state index is 0.0633. The molecule has 0 saturated heterocycles. The van der Waals surface area contributed by atoms with E-state index >= 15 is 0 Å². The number of nitrogens with one attached hydrogen (secondary N) is 1. The zero-order chi connectivity index (χ0) is 19.6. The van der Waals surface area contributed by atoms with Gasteiger partial charge in [-0.2, -0.15) is 13.2 Å². The predicted molar refractivity (Wildman–Crippen MR) is 92.5 cm³/mol. The van der Waals surface area contributed by atoms with Gasteiger partial charge in [-0.15, -0.1) is 0 Å². The largest absolute Gasteiger partial charge is 0.433 e. The zero-order valence-electron chi connectivity index (χ0n) is 14.2. The summed E-state index contributed by atoms with van der Waals surface area (Å²) < 4.78 is 40.8. The molecule has 1 aromatic heterocycles. The Morgan fingerprint density at radius 3 is 2.37 bits per heavy atom. The van der Waals surface area contributed by atoms with E-state index in [4.69, 9.17) is 0 Å². The molecule has 0 aliphatic heterocycles. The first kappa shape index (κ1) is 18.9. The van der Waals surface area contributed by atoms with Gasteiger partial charge in [-0.1, -0.05) is 19.3 Å². The Morgan fingerprint density at radius 1 is 1.19 bits per heavy atom. The summed E-state index contributed by atoms with van der Waals surface area (Å²) in [6.07, 6.45) is 0.829. The first-order valence-corrected chi connectivity index (χ1v) is 8.47. The van der Waals surface area contributed by atoms with Crippen molar-refractivity contribution in [3.8, 4) is 5.69 Å². The smallest absolute Gasteiger partial charge is 0.289 e. The third kappa shape index (κ3) is 4.09. The topological polar surface area (TPSA) is 93.3 Å². The molecule has 1 N–H and O–H groups in total. The molecule has 0 bridgehead atoms. The number of nitro groups is 1. The van der Waals surface area contributed by atoms with Crippen molar-refractivity contribution >= 4 is 11.9 Å². The molecule has 0 amide bonds. The van der Waals surface area contributed by atoms with Gasteiger partial charge in [-0.3, -0.25) is 25.0 Å². The highest BCUT2D eigenvalue weighted by Gasteiger charge is 2.37. The highest BCUT2D eigenvalue weighted by Crippen LogP contribution is 2.29. The summed E-state index contributed by atoms with van der Waals surface area (Å²) in [5.74, 6) is 0. The summed E-state index contributed by atoms with van der Waals surface area (Å²) in [6.45, 7) is 0. The lowest BCUT2D eigenvalue weighted by Crippen LogP contribution is -2.18. The number of rotatable bonds is 4. The number of aliphatic imine (C=N–C) groups is 1. The summed E-state index contributed by atoms with van der Waals surface area (Å²) in [4.78, 5) is 26.8. The lowest BCUT2D eigenvalue weighted by molar-refractivity contribution is -0.384. The number of hydrogen-bond acceptors (Lipinski definition) is 4. The van der Waals surface area contributed by atoms with Crippen LogP contribution in [-0.2, 0) is 6.18 Å². The molecule has 2 aromatic rings. The number of aromatic amines is 1. The van der Waals surface area contributed by atoms with Gasteiger partial charge in [0, 0.05) is 24.4 Å². The molecule has 0 spiro atoms. The van der Waals surface area contributed by atoms with E-state index in [9.17, 15) is 28.1 Å². The van der Waals surface area contributed by atoms with Gasteiger partial charge in [0.1, 0.15) is 0 Å². The molecule has 1 saturated carbocycles. The van der Waals surface area contributed by atoms with Gasteiger partial charge < -0.3 is 0 Å². The van der Waals surface area contributed by atoms with Crippen LogP contribution in [0, 0.1) is 10.1 Å². The van der Waals surface area contributed by atoms with E-state index in [-0.39, 0.29) is 17.4 Å². The van der Waals surface area contributed by atoms with Gasteiger partial charge >= 0.3 is 6.18 Å². The third-order valence-electron chi connectivity index (χ3n) is 4.52. The van der Waals surface area contributed by atoms with Crippen LogP contribution in [0.1, 0.15) is 43.4 Å².